The van der Waals surface area contributed by atoms with Gasteiger partial charge in [-0.1, -0.05) is 32.9 Å². The first-order valence-corrected chi connectivity index (χ1v) is 9.33. The number of rotatable bonds is 7. The van der Waals surface area contributed by atoms with Crippen molar-refractivity contribution in [2.75, 3.05) is 40.3 Å². The SMILES string of the molecule is CCN1CCCC1CNC(=NC)NCC(C)(C)c1ccc(OC)cc1.I. The van der Waals surface area contributed by atoms with E-state index in [4.69, 9.17) is 4.74 Å². The number of guanidine groups is 1. The number of hydrogen-bond acceptors (Lipinski definition) is 3. The van der Waals surface area contributed by atoms with Gasteiger partial charge >= 0.3 is 0 Å². The lowest BCUT2D eigenvalue weighted by atomic mass is 9.84. The summed E-state index contributed by atoms with van der Waals surface area (Å²) in [6, 6.07) is 8.92. The number of likely N-dealkylation sites (N-methyl/N-ethyl adjacent to an activating group) is 1. The van der Waals surface area contributed by atoms with Crippen LogP contribution in [-0.4, -0.2) is 57.2 Å². The van der Waals surface area contributed by atoms with Crippen molar-refractivity contribution in [3.05, 3.63) is 29.8 Å². The first-order chi connectivity index (χ1) is 12.0. The van der Waals surface area contributed by atoms with Gasteiger partial charge in [0.1, 0.15) is 5.75 Å². The lowest BCUT2D eigenvalue weighted by molar-refractivity contribution is 0.267. The highest BCUT2D eigenvalue weighted by molar-refractivity contribution is 14.0. The van der Waals surface area contributed by atoms with Crippen LogP contribution in [-0.2, 0) is 5.41 Å². The molecule has 0 spiro atoms. The largest absolute Gasteiger partial charge is 0.497 e. The second-order valence-electron chi connectivity index (χ2n) is 7.34. The molecule has 0 radical (unpaired) electrons. The molecule has 1 atom stereocenters. The van der Waals surface area contributed by atoms with E-state index >= 15 is 0 Å². The second-order valence-corrected chi connectivity index (χ2v) is 7.34. The topological polar surface area (TPSA) is 48.9 Å². The van der Waals surface area contributed by atoms with Crippen LogP contribution >= 0.6 is 24.0 Å². The van der Waals surface area contributed by atoms with Crippen LogP contribution in [0.3, 0.4) is 0 Å². The highest BCUT2D eigenvalue weighted by Crippen LogP contribution is 2.24. The third-order valence-corrected chi connectivity index (χ3v) is 5.20. The first kappa shape index (κ1) is 23.0. The number of likely N-dealkylation sites (tertiary alicyclic amines) is 1. The number of nitrogens with one attached hydrogen (secondary N) is 2. The van der Waals surface area contributed by atoms with Gasteiger partial charge in [0.15, 0.2) is 5.96 Å². The minimum Gasteiger partial charge on any atom is -0.497 e. The van der Waals surface area contributed by atoms with E-state index in [0.29, 0.717) is 6.04 Å². The Morgan fingerprint density at radius 3 is 2.54 bits per heavy atom. The molecule has 0 amide bonds. The maximum absolute atomic E-state index is 5.25. The molecule has 0 bridgehead atoms. The summed E-state index contributed by atoms with van der Waals surface area (Å²) in [5.74, 6) is 1.77. The molecule has 2 rings (SSSR count). The van der Waals surface area contributed by atoms with Gasteiger partial charge in [-0.3, -0.25) is 9.89 Å². The molecule has 2 N–H and O–H groups in total. The quantitative estimate of drug-likeness (QED) is 0.362. The molecule has 1 aliphatic rings. The van der Waals surface area contributed by atoms with E-state index in [9.17, 15) is 0 Å². The van der Waals surface area contributed by atoms with Crippen LogP contribution in [0.5, 0.6) is 5.75 Å². The molecule has 1 aromatic rings. The average molecular weight is 474 g/mol. The molecule has 148 valence electrons. The van der Waals surface area contributed by atoms with Gasteiger partial charge in [0.2, 0.25) is 0 Å². The summed E-state index contributed by atoms with van der Waals surface area (Å²) in [4.78, 5) is 6.92. The van der Waals surface area contributed by atoms with Crippen LogP contribution in [0, 0.1) is 0 Å². The lowest BCUT2D eigenvalue weighted by Crippen LogP contribution is -2.47. The maximum atomic E-state index is 5.25. The normalized spacial score (nSPS) is 18.3. The van der Waals surface area contributed by atoms with Gasteiger partial charge < -0.3 is 15.4 Å². The van der Waals surface area contributed by atoms with E-state index in [2.05, 4.69) is 53.4 Å². The number of ether oxygens (including phenoxy) is 1. The van der Waals surface area contributed by atoms with Crippen molar-refractivity contribution >= 4 is 29.9 Å². The Labute approximate surface area is 176 Å². The molecule has 0 aliphatic carbocycles. The molecule has 1 aliphatic heterocycles. The van der Waals surface area contributed by atoms with Crippen LogP contribution in [0.2, 0.25) is 0 Å². The van der Waals surface area contributed by atoms with Gasteiger partial charge in [0.25, 0.3) is 0 Å². The van der Waals surface area contributed by atoms with Crippen LogP contribution in [0.25, 0.3) is 0 Å². The van der Waals surface area contributed by atoms with Crippen molar-refractivity contribution in [2.45, 2.75) is 45.1 Å². The van der Waals surface area contributed by atoms with Crippen molar-refractivity contribution in [3.63, 3.8) is 0 Å². The smallest absolute Gasteiger partial charge is 0.191 e. The van der Waals surface area contributed by atoms with Gasteiger partial charge in [-0.2, -0.15) is 0 Å². The fourth-order valence-electron chi connectivity index (χ4n) is 3.43. The molecule has 0 aromatic heterocycles. The minimum atomic E-state index is 0. The molecule has 0 saturated carbocycles. The van der Waals surface area contributed by atoms with Gasteiger partial charge in [-0.25, -0.2) is 0 Å². The van der Waals surface area contributed by atoms with E-state index < -0.39 is 0 Å². The number of halogens is 1. The van der Waals surface area contributed by atoms with E-state index in [1.165, 1.54) is 24.9 Å². The van der Waals surface area contributed by atoms with Crippen molar-refractivity contribution < 1.29 is 4.74 Å². The van der Waals surface area contributed by atoms with Crippen LogP contribution in [0.4, 0.5) is 0 Å². The summed E-state index contributed by atoms with van der Waals surface area (Å²) in [6.07, 6.45) is 2.58. The first-order valence-electron chi connectivity index (χ1n) is 9.33. The van der Waals surface area contributed by atoms with E-state index in [1.807, 2.05) is 19.2 Å². The Balaban J connectivity index is 0.00000338. The predicted octanol–water partition coefficient (Wildman–Crippen LogP) is 3.24. The molecule has 1 aromatic carbocycles. The van der Waals surface area contributed by atoms with E-state index in [1.54, 1.807) is 7.11 Å². The van der Waals surface area contributed by atoms with Gasteiger partial charge in [-0.15, -0.1) is 24.0 Å². The summed E-state index contributed by atoms with van der Waals surface area (Å²) in [5, 5.41) is 6.98. The predicted molar refractivity (Wildman–Crippen MR) is 121 cm³/mol. The zero-order valence-electron chi connectivity index (χ0n) is 16.8. The molecule has 5 nitrogen and oxygen atoms in total. The van der Waals surface area contributed by atoms with E-state index in [-0.39, 0.29) is 29.4 Å². The van der Waals surface area contributed by atoms with Crippen molar-refractivity contribution in [2.24, 2.45) is 4.99 Å². The second kappa shape index (κ2) is 11.0. The van der Waals surface area contributed by atoms with Crippen molar-refractivity contribution in [1.82, 2.24) is 15.5 Å². The minimum absolute atomic E-state index is 0. The molecular formula is C20H35IN4O. The van der Waals surface area contributed by atoms with Gasteiger partial charge in [-0.05, 0) is 43.6 Å². The number of benzene rings is 1. The molecule has 1 heterocycles. The van der Waals surface area contributed by atoms with E-state index in [0.717, 1.165) is 31.3 Å². The number of hydrogen-bond donors (Lipinski definition) is 2. The fourth-order valence-corrected chi connectivity index (χ4v) is 3.43. The van der Waals surface area contributed by atoms with Crippen molar-refractivity contribution in [1.29, 1.82) is 0 Å². The summed E-state index contributed by atoms with van der Waals surface area (Å²) < 4.78 is 5.25. The zero-order chi connectivity index (χ0) is 18.3. The third-order valence-electron chi connectivity index (χ3n) is 5.20. The molecule has 1 unspecified atom stereocenters. The highest BCUT2D eigenvalue weighted by atomic mass is 127. The number of aliphatic imine (C=N–C) groups is 1. The molecule has 26 heavy (non-hydrogen) atoms. The van der Waals surface area contributed by atoms with Crippen LogP contribution in [0.1, 0.15) is 39.2 Å². The number of methoxy groups -OCH3 is 1. The van der Waals surface area contributed by atoms with Gasteiger partial charge in [0.05, 0.1) is 7.11 Å². The van der Waals surface area contributed by atoms with Crippen LogP contribution in [0.15, 0.2) is 29.3 Å². The Morgan fingerprint density at radius 2 is 1.96 bits per heavy atom. The Bertz CT molecular complexity index is 559. The summed E-state index contributed by atoms with van der Waals surface area (Å²) in [5.41, 5.74) is 1.29. The Morgan fingerprint density at radius 1 is 1.27 bits per heavy atom. The molecular weight excluding hydrogens is 439 g/mol. The summed E-state index contributed by atoms with van der Waals surface area (Å²) in [7, 11) is 3.53. The lowest BCUT2D eigenvalue weighted by Gasteiger charge is -2.28. The Hall–Kier alpha value is -1.02. The molecule has 1 fully saturated rings. The summed E-state index contributed by atoms with van der Waals surface area (Å²) in [6.45, 7) is 10.8. The standard InChI is InChI=1S/C20H34N4O.HI/c1-6-24-13-7-8-17(24)14-22-19(21-4)23-15-20(2,3)16-9-11-18(25-5)12-10-16;/h9-12,17H,6-8,13-15H2,1-5H3,(H2,21,22,23);1H. The van der Waals surface area contributed by atoms with Crippen molar-refractivity contribution in [3.8, 4) is 5.75 Å². The summed E-state index contributed by atoms with van der Waals surface area (Å²) >= 11 is 0. The van der Waals surface area contributed by atoms with Crippen LogP contribution < -0.4 is 15.4 Å². The average Bonchev–Trinajstić information content (AvgIpc) is 3.09. The molecule has 1 saturated heterocycles. The zero-order valence-corrected chi connectivity index (χ0v) is 19.2. The molecule has 6 heteroatoms. The monoisotopic (exact) mass is 474 g/mol. The third kappa shape index (κ3) is 6.30. The fraction of sp³-hybridized carbons (Fsp3) is 0.650. The number of nitrogens with zero attached hydrogens (tertiary/aromatic N) is 2. The highest BCUT2D eigenvalue weighted by Gasteiger charge is 2.24. The maximum Gasteiger partial charge on any atom is 0.191 e. The van der Waals surface area contributed by atoms with Gasteiger partial charge in [0, 0.05) is 31.6 Å². The Kier molecular flexibility index (Phi) is 9.71.